The molecule has 0 aromatic carbocycles. The highest BCUT2D eigenvalue weighted by atomic mass is 16.5. The van der Waals surface area contributed by atoms with Crippen molar-refractivity contribution in [3.05, 3.63) is 11.7 Å². The van der Waals surface area contributed by atoms with Gasteiger partial charge in [-0.15, -0.1) is 0 Å². The Morgan fingerprint density at radius 1 is 1.47 bits per heavy atom. The summed E-state index contributed by atoms with van der Waals surface area (Å²) >= 11 is 0. The van der Waals surface area contributed by atoms with Crippen molar-refractivity contribution in [3.8, 4) is 0 Å². The van der Waals surface area contributed by atoms with E-state index in [1.807, 2.05) is 13.8 Å². The minimum atomic E-state index is -1.01. The Balaban J connectivity index is 2.58. The lowest BCUT2D eigenvalue weighted by Crippen LogP contribution is -2.41. The smallest absolute Gasteiger partial charge is 0.323 e. The SMILES string of the molecule is CCC(C)N(CC(=O)O)C(=O)CCc1nc(C)no1. The number of hydrogen-bond acceptors (Lipinski definition) is 5. The van der Waals surface area contributed by atoms with E-state index in [4.69, 9.17) is 9.63 Å². The molecule has 0 saturated heterocycles. The van der Waals surface area contributed by atoms with Crippen LogP contribution in [0.1, 0.15) is 38.4 Å². The molecule has 1 aromatic heterocycles. The Morgan fingerprint density at radius 2 is 2.16 bits per heavy atom. The maximum absolute atomic E-state index is 12.0. The van der Waals surface area contributed by atoms with Gasteiger partial charge in [-0.05, 0) is 20.3 Å². The highest BCUT2D eigenvalue weighted by Gasteiger charge is 2.21. The number of hydrogen-bond donors (Lipinski definition) is 1. The van der Waals surface area contributed by atoms with E-state index in [-0.39, 0.29) is 24.9 Å². The second kappa shape index (κ2) is 6.86. The predicted octanol–water partition coefficient (Wildman–Crippen LogP) is 1.02. The molecule has 7 heteroatoms. The molecule has 19 heavy (non-hydrogen) atoms. The van der Waals surface area contributed by atoms with Gasteiger partial charge in [-0.25, -0.2) is 0 Å². The monoisotopic (exact) mass is 269 g/mol. The van der Waals surface area contributed by atoms with Gasteiger partial charge in [-0.3, -0.25) is 9.59 Å². The first-order valence-corrected chi connectivity index (χ1v) is 6.24. The molecule has 0 aliphatic rings. The van der Waals surface area contributed by atoms with E-state index in [2.05, 4.69) is 10.1 Å². The molecule has 0 saturated carbocycles. The summed E-state index contributed by atoms with van der Waals surface area (Å²) in [6.45, 7) is 5.16. The van der Waals surface area contributed by atoms with Crippen molar-refractivity contribution in [1.29, 1.82) is 0 Å². The van der Waals surface area contributed by atoms with E-state index in [1.165, 1.54) is 4.90 Å². The van der Waals surface area contributed by atoms with Crippen LogP contribution < -0.4 is 0 Å². The molecular weight excluding hydrogens is 250 g/mol. The number of nitrogens with zero attached hydrogens (tertiary/aromatic N) is 3. The molecule has 1 amide bonds. The van der Waals surface area contributed by atoms with Crippen LogP contribution in [-0.4, -0.2) is 44.6 Å². The molecule has 0 bridgehead atoms. The third-order valence-electron chi connectivity index (χ3n) is 2.87. The van der Waals surface area contributed by atoms with E-state index in [9.17, 15) is 9.59 Å². The molecule has 7 nitrogen and oxygen atoms in total. The molecule has 106 valence electrons. The third kappa shape index (κ3) is 4.69. The fraction of sp³-hybridized carbons (Fsp3) is 0.667. The molecule has 1 aromatic rings. The van der Waals surface area contributed by atoms with Crippen LogP contribution in [0.15, 0.2) is 4.52 Å². The summed E-state index contributed by atoms with van der Waals surface area (Å²) in [5.41, 5.74) is 0. The zero-order valence-corrected chi connectivity index (χ0v) is 11.4. The lowest BCUT2D eigenvalue weighted by molar-refractivity contribution is -0.146. The number of amides is 1. The second-order valence-electron chi connectivity index (χ2n) is 4.41. The van der Waals surface area contributed by atoms with Crippen molar-refractivity contribution in [2.45, 2.75) is 46.1 Å². The maximum atomic E-state index is 12.0. The molecule has 1 unspecified atom stereocenters. The van der Waals surface area contributed by atoms with Gasteiger partial charge in [0.15, 0.2) is 5.82 Å². The van der Waals surface area contributed by atoms with E-state index >= 15 is 0 Å². The summed E-state index contributed by atoms with van der Waals surface area (Å²) in [6, 6.07) is -0.104. The molecule has 1 atom stereocenters. The number of carboxylic acids is 1. The van der Waals surface area contributed by atoms with Crippen LogP contribution in [0.25, 0.3) is 0 Å². The Morgan fingerprint density at radius 3 is 2.63 bits per heavy atom. The van der Waals surface area contributed by atoms with Crippen molar-refractivity contribution >= 4 is 11.9 Å². The first kappa shape index (κ1) is 15.1. The number of aryl methyl sites for hydroxylation is 2. The van der Waals surface area contributed by atoms with Gasteiger partial charge in [0.25, 0.3) is 0 Å². The van der Waals surface area contributed by atoms with E-state index in [0.717, 1.165) is 0 Å². The molecule has 0 fully saturated rings. The minimum Gasteiger partial charge on any atom is -0.480 e. The number of aliphatic carboxylic acids is 1. The van der Waals surface area contributed by atoms with Crippen molar-refractivity contribution in [3.63, 3.8) is 0 Å². The quantitative estimate of drug-likeness (QED) is 0.793. The molecule has 1 N–H and O–H groups in total. The number of rotatable bonds is 7. The van der Waals surface area contributed by atoms with Gasteiger partial charge in [-0.1, -0.05) is 12.1 Å². The maximum Gasteiger partial charge on any atom is 0.323 e. The number of carbonyl (C=O) groups is 2. The number of carbonyl (C=O) groups excluding carboxylic acids is 1. The van der Waals surface area contributed by atoms with E-state index in [0.29, 0.717) is 24.6 Å². The topological polar surface area (TPSA) is 96.5 Å². The molecular formula is C12H19N3O4. The van der Waals surface area contributed by atoms with Gasteiger partial charge in [0.05, 0.1) is 0 Å². The molecule has 0 spiro atoms. The molecule has 0 radical (unpaired) electrons. The first-order chi connectivity index (χ1) is 8.93. The fourth-order valence-corrected chi connectivity index (χ4v) is 1.65. The average Bonchev–Trinajstić information content (AvgIpc) is 2.77. The zero-order valence-electron chi connectivity index (χ0n) is 11.4. The highest BCUT2D eigenvalue weighted by molar-refractivity contribution is 5.81. The van der Waals surface area contributed by atoms with Gasteiger partial charge in [0.1, 0.15) is 6.54 Å². The van der Waals surface area contributed by atoms with Crippen molar-refractivity contribution < 1.29 is 19.2 Å². The lowest BCUT2D eigenvalue weighted by Gasteiger charge is -2.26. The van der Waals surface area contributed by atoms with Crippen molar-refractivity contribution in [1.82, 2.24) is 15.0 Å². The molecule has 1 rings (SSSR count). The van der Waals surface area contributed by atoms with Crippen LogP contribution >= 0.6 is 0 Å². The predicted molar refractivity (Wildman–Crippen MR) is 66.5 cm³/mol. The first-order valence-electron chi connectivity index (χ1n) is 6.24. The minimum absolute atomic E-state index is 0.104. The van der Waals surface area contributed by atoms with Crippen molar-refractivity contribution in [2.24, 2.45) is 0 Å². The number of aromatic nitrogens is 2. The Hall–Kier alpha value is -1.92. The normalized spacial score (nSPS) is 12.2. The highest BCUT2D eigenvalue weighted by Crippen LogP contribution is 2.08. The van der Waals surface area contributed by atoms with Gasteiger partial charge < -0.3 is 14.5 Å². The van der Waals surface area contributed by atoms with Crippen LogP contribution in [0, 0.1) is 6.92 Å². The number of carboxylic acid groups (broad SMARTS) is 1. The lowest BCUT2D eigenvalue weighted by atomic mass is 10.2. The van der Waals surface area contributed by atoms with Gasteiger partial charge >= 0.3 is 5.97 Å². The fourth-order valence-electron chi connectivity index (χ4n) is 1.65. The Labute approximate surface area is 111 Å². The molecule has 0 aliphatic heterocycles. The van der Waals surface area contributed by atoms with Crippen molar-refractivity contribution in [2.75, 3.05) is 6.54 Å². The largest absolute Gasteiger partial charge is 0.480 e. The van der Waals surface area contributed by atoms with Crippen LogP contribution in [0.4, 0.5) is 0 Å². The van der Waals surface area contributed by atoms with Gasteiger partial charge in [0, 0.05) is 18.9 Å². The van der Waals surface area contributed by atoms with E-state index < -0.39 is 5.97 Å². The summed E-state index contributed by atoms with van der Waals surface area (Å²) in [4.78, 5) is 28.2. The Bertz CT molecular complexity index is 444. The second-order valence-corrected chi connectivity index (χ2v) is 4.41. The summed E-state index contributed by atoms with van der Waals surface area (Å²) < 4.78 is 4.91. The van der Waals surface area contributed by atoms with Crippen LogP contribution in [0.5, 0.6) is 0 Å². The zero-order chi connectivity index (χ0) is 14.4. The van der Waals surface area contributed by atoms with Gasteiger partial charge in [0.2, 0.25) is 11.8 Å². The van der Waals surface area contributed by atoms with Gasteiger partial charge in [-0.2, -0.15) is 4.98 Å². The van der Waals surface area contributed by atoms with Crippen LogP contribution in [0.3, 0.4) is 0 Å². The standard InChI is InChI=1S/C12H19N3O4/c1-4-8(2)15(7-12(17)18)11(16)6-5-10-13-9(3)14-19-10/h8H,4-7H2,1-3H3,(H,17,18). The summed E-state index contributed by atoms with van der Waals surface area (Å²) in [5.74, 6) is -0.313. The molecule has 1 heterocycles. The third-order valence-corrected chi connectivity index (χ3v) is 2.87. The summed E-state index contributed by atoms with van der Waals surface area (Å²) in [5, 5.41) is 12.5. The summed E-state index contributed by atoms with van der Waals surface area (Å²) in [7, 11) is 0. The Kier molecular flexibility index (Phi) is 5.47. The van der Waals surface area contributed by atoms with E-state index in [1.54, 1.807) is 6.92 Å². The van der Waals surface area contributed by atoms with Crippen LogP contribution in [0.2, 0.25) is 0 Å². The molecule has 0 aliphatic carbocycles. The summed E-state index contributed by atoms with van der Waals surface area (Å²) in [6.07, 6.45) is 1.20. The van der Waals surface area contributed by atoms with Crippen LogP contribution in [-0.2, 0) is 16.0 Å². The average molecular weight is 269 g/mol.